The van der Waals surface area contributed by atoms with E-state index < -0.39 is 11.5 Å². The Kier molecular flexibility index (Phi) is 4.00. The molecule has 0 bridgehead atoms. The number of benzene rings is 1. The minimum absolute atomic E-state index is 0.183. The molecule has 0 aliphatic carbocycles. The van der Waals surface area contributed by atoms with Gasteiger partial charge >= 0.3 is 5.97 Å². The molecule has 0 saturated heterocycles. The Bertz CT molecular complexity index is 721. The van der Waals surface area contributed by atoms with Gasteiger partial charge in [-0.15, -0.1) is 11.3 Å². The summed E-state index contributed by atoms with van der Waals surface area (Å²) in [5.41, 5.74) is -0.291. The lowest BCUT2D eigenvalue weighted by Crippen LogP contribution is -2.44. The fourth-order valence-corrected chi connectivity index (χ4v) is 3.37. The molecule has 112 valence electrons. The van der Waals surface area contributed by atoms with Crippen molar-refractivity contribution in [3.05, 3.63) is 34.5 Å². The van der Waals surface area contributed by atoms with Gasteiger partial charge in [0.2, 0.25) is 0 Å². The second kappa shape index (κ2) is 5.44. The molecule has 0 unspecified atom stereocenters. The van der Waals surface area contributed by atoms with Gasteiger partial charge in [-0.2, -0.15) is 0 Å². The molecule has 2 aromatic rings. The molecule has 0 atom stereocenters. The standard InChI is InChI=1S/C15H16FNO3S/c1-8-12-9(16)5-4-6-10(12)21-13(8)14(20)17-15(2,3)7-11(18)19/h4-6H,7H2,1-3H3,(H,17,20)(H,18,19). The number of carboxylic acids is 1. The van der Waals surface area contributed by atoms with Gasteiger partial charge in [0.1, 0.15) is 5.82 Å². The Hall–Kier alpha value is -1.95. The number of aliphatic carboxylic acids is 1. The van der Waals surface area contributed by atoms with Crippen LogP contribution in [-0.2, 0) is 4.79 Å². The van der Waals surface area contributed by atoms with Crippen molar-refractivity contribution in [1.82, 2.24) is 5.32 Å². The average Bonchev–Trinajstić information content (AvgIpc) is 2.65. The highest BCUT2D eigenvalue weighted by molar-refractivity contribution is 7.21. The van der Waals surface area contributed by atoms with E-state index in [1.54, 1.807) is 32.9 Å². The first-order valence-electron chi connectivity index (χ1n) is 6.43. The fraction of sp³-hybridized carbons (Fsp3) is 0.333. The third kappa shape index (κ3) is 3.21. The van der Waals surface area contributed by atoms with Crippen LogP contribution in [-0.4, -0.2) is 22.5 Å². The molecule has 0 saturated carbocycles. The Morgan fingerprint density at radius 3 is 2.62 bits per heavy atom. The molecule has 1 aromatic carbocycles. The maximum absolute atomic E-state index is 13.8. The molecular formula is C15H16FNO3S. The number of hydrogen-bond donors (Lipinski definition) is 2. The van der Waals surface area contributed by atoms with E-state index in [9.17, 15) is 14.0 Å². The number of fused-ring (bicyclic) bond motifs is 1. The van der Waals surface area contributed by atoms with E-state index >= 15 is 0 Å². The van der Waals surface area contributed by atoms with Gasteiger partial charge in [-0.25, -0.2) is 4.39 Å². The minimum atomic E-state index is -0.987. The molecule has 21 heavy (non-hydrogen) atoms. The molecule has 2 rings (SSSR count). The van der Waals surface area contributed by atoms with Crippen molar-refractivity contribution in [2.45, 2.75) is 32.7 Å². The van der Waals surface area contributed by atoms with Gasteiger partial charge in [0.25, 0.3) is 5.91 Å². The maximum atomic E-state index is 13.8. The number of rotatable bonds is 4. The van der Waals surface area contributed by atoms with E-state index in [0.29, 0.717) is 20.5 Å². The molecule has 4 nitrogen and oxygen atoms in total. The molecule has 1 heterocycles. The van der Waals surface area contributed by atoms with E-state index in [2.05, 4.69) is 5.32 Å². The fourth-order valence-electron chi connectivity index (χ4n) is 2.26. The SMILES string of the molecule is Cc1c(C(=O)NC(C)(C)CC(=O)O)sc2cccc(F)c12. The van der Waals surface area contributed by atoms with Crippen LogP contribution < -0.4 is 5.32 Å². The highest BCUT2D eigenvalue weighted by atomic mass is 32.1. The molecule has 1 amide bonds. The highest BCUT2D eigenvalue weighted by Crippen LogP contribution is 2.32. The maximum Gasteiger partial charge on any atom is 0.305 e. The first-order chi connectivity index (χ1) is 9.71. The highest BCUT2D eigenvalue weighted by Gasteiger charge is 2.26. The zero-order valence-corrected chi connectivity index (χ0v) is 12.8. The number of nitrogens with one attached hydrogen (secondary N) is 1. The molecule has 0 spiro atoms. The van der Waals surface area contributed by atoms with Gasteiger partial charge in [-0.3, -0.25) is 9.59 Å². The molecule has 1 aromatic heterocycles. The lowest BCUT2D eigenvalue weighted by molar-refractivity contribution is -0.138. The number of carbonyl (C=O) groups is 2. The van der Waals surface area contributed by atoms with Gasteiger partial charge in [0.05, 0.1) is 11.3 Å². The molecule has 0 aliphatic heterocycles. The largest absolute Gasteiger partial charge is 0.481 e. The van der Waals surface area contributed by atoms with E-state index in [1.807, 2.05) is 0 Å². The average molecular weight is 309 g/mol. The van der Waals surface area contributed by atoms with Crippen LogP contribution in [0.15, 0.2) is 18.2 Å². The second-order valence-corrected chi connectivity index (χ2v) is 6.63. The Balaban J connectivity index is 2.34. The number of halogens is 1. The molecule has 2 N–H and O–H groups in total. The van der Waals surface area contributed by atoms with Crippen molar-refractivity contribution >= 4 is 33.3 Å². The summed E-state index contributed by atoms with van der Waals surface area (Å²) < 4.78 is 14.5. The summed E-state index contributed by atoms with van der Waals surface area (Å²) in [7, 11) is 0. The van der Waals surface area contributed by atoms with Crippen molar-refractivity contribution in [3.8, 4) is 0 Å². The summed E-state index contributed by atoms with van der Waals surface area (Å²) in [5, 5.41) is 12.0. The zero-order chi connectivity index (χ0) is 15.8. The smallest absolute Gasteiger partial charge is 0.305 e. The van der Waals surface area contributed by atoms with E-state index in [4.69, 9.17) is 5.11 Å². The van der Waals surface area contributed by atoms with Crippen molar-refractivity contribution < 1.29 is 19.1 Å². The van der Waals surface area contributed by atoms with Crippen LogP contribution in [0.1, 0.15) is 35.5 Å². The van der Waals surface area contributed by atoms with Crippen LogP contribution in [0.25, 0.3) is 10.1 Å². The number of thiophene rings is 1. The van der Waals surface area contributed by atoms with Crippen molar-refractivity contribution in [1.29, 1.82) is 0 Å². The topological polar surface area (TPSA) is 66.4 Å². The van der Waals surface area contributed by atoms with E-state index in [1.165, 1.54) is 17.4 Å². The van der Waals surface area contributed by atoms with Gasteiger partial charge in [-0.05, 0) is 38.5 Å². The summed E-state index contributed by atoms with van der Waals surface area (Å²) in [4.78, 5) is 23.5. The minimum Gasteiger partial charge on any atom is -0.481 e. The van der Waals surface area contributed by atoms with E-state index in [0.717, 1.165) is 0 Å². The normalized spacial score (nSPS) is 11.6. The summed E-state index contributed by atoms with van der Waals surface area (Å²) in [6.07, 6.45) is -0.183. The van der Waals surface area contributed by atoms with Crippen LogP contribution in [0.3, 0.4) is 0 Å². The van der Waals surface area contributed by atoms with Crippen LogP contribution >= 0.6 is 11.3 Å². The second-order valence-electron chi connectivity index (χ2n) is 5.58. The van der Waals surface area contributed by atoms with Crippen LogP contribution in [0.2, 0.25) is 0 Å². The van der Waals surface area contributed by atoms with Gasteiger partial charge < -0.3 is 10.4 Å². The molecule has 0 fully saturated rings. The Labute approximate surface area is 125 Å². The summed E-state index contributed by atoms with van der Waals surface area (Å²) in [6.45, 7) is 4.98. The Morgan fingerprint density at radius 1 is 1.38 bits per heavy atom. The predicted octanol–water partition coefficient (Wildman–Crippen LogP) is 3.33. The first kappa shape index (κ1) is 15.4. The zero-order valence-electron chi connectivity index (χ0n) is 12.0. The molecule has 6 heteroatoms. The van der Waals surface area contributed by atoms with Gasteiger partial charge in [0, 0.05) is 15.6 Å². The summed E-state index contributed by atoms with van der Waals surface area (Å²) in [6, 6.07) is 4.72. The van der Waals surface area contributed by atoms with Crippen molar-refractivity contribution in [2.24, 2.45) is 0 Å². The molecule has 0 aliphatic rings. The number of carboxylic acid groups (broad SMARTS) is 1. The predicted molar refractivity (Wildman–Crippen MR) is 80.3 cm³/mol. The summed E-state index contributed by atoms with van der Waals surface area (Å²) >= 11 is 1.21. The lowest BCUT2D eigenvalue weighted by atomic mass is 10.0. The van der Waals surface area contributed by atoms with Crippen molar-refractivity contribution in [3.63, 3.8) is 0 Å². The third-order valence-electron chi connectivity index (χ3n) is 3.15. The summed E-state index contributed by atoms with van der Waals surface area (Å²) in [5.74, 6) is -1.72. The Morgan fingerprint density at radius 2 is 2.05 bits per heavy atom. The number of carbonyl (C=O) groups excluding carboxylic acids is 1. The van der Waals surface area contributed by atoms with Gasteiger partial charge in [-0.1, -0.05) is 6.07 Å². The van der Waals surface area contributed by atoms with E-state index in [-0.39, 0.29) is 18.1 Å². The number of hydrogen-bond acceptors (Lipinski definition) is 3. The number of amides is 1. The van der Waals surface area contributed by atoms with Crippen LogP contribution in [0.5, 0.6) is 0 Å². The van der Waals surface area contributed by atoms with Crippen LogP contribution in [0.4, 0.5) is 4.39 Å². The third-order valence-corrected chi connectivity index (χ3v) is 4.41. The lowest BCUT2D eigenvalue weighted by Gasteiger charge is -2.24. The monoisotopic (exact) mass is 309 g/mol. The molecular weight excluding hydrogens is 293 g/mol. The quantitative estimate of drug-likeness (QED) is 0.910. The number of aryl methyl sites for hydroxylation is 1. The first-order valence-corrected chi connectivity index (χ1v) is 7.25. The van der Waals surface area contributed by atoms with Crippen LogP contribution in [0, 0.1) is 12.7 Å². The van der Waals surface area contributed by atoms with Gasteiger partial charge in [0.15, 0.2) is 0 Å². The molecule has 0 radical (unpaired) electrons. The van der Waals surface area contributed by atoms with Crippen molar-refractivity contribution in [2.75, 3.05) is 0 Å².